The van der Waals surface area contributed by atoms with Crippen molar-refractivity contribution in [3.05, 3.63) is 0 Å². The second-order valence-electron chi connectivity index (χ2n) is 0.408. The molecule has 12 N–H and O–H groups in total. The van der Waals surface area contributed by atoms with Crippen LogP contribution in [0.5, 0.6) is 0 Å². The molecule has 10 nitrogen and oxygen atoms in total. The zero-order chi connectivity index (χ0) is 4.50. The molecule has 12 heavy (non-hydrogen) atoms. The average molecular weight is 270 g/mol. The third-order valence-corrected chi connectivity index (χ3v) is 0. The van der Waals surface area contributed by atoms with Crippen molar-refractivity contribution in [3.8, 4) is 0 Å². The normalized spacial score (nSPS) is 4.83. The molecule has 0 aromatic heterocycles. The van der Waals surface area contributed by atoms with E-state index in [1.807, 2.05) is 0 Å². The topological polar surface area (TPSA) is 269 Å². The Morgan fingerprint density at radius 1 is 0.667 bits per heavy atom. The molecule has 0 radical (unpaired) electrons. The molecular formula is H12O10SZn. The van der Waals surface area contributed by atoms with Gasteiger partial charge in [0.2, 0.25) is 0 Å². The Kier molecular flexibility index (Phi) is 216. The molecule has 0 aliphatic carbocycles. The minimum atomic E-state index is -5.17. The van der Waals surface area contributed by atoms with E-state index in [2.05, 4.69) is 0 Å². The molecule has 0 atom stereocenters. The number of rotatable bonds is 0. The van der Waals surface area contributed by atoms with Gasteiger partial charge in [0.25, 0.3) is 0 Å². The molecule has 0 heterocycles. The summed E-state index contributed by atoms with van der Waals surface area (Å²) in [5, 5.41) is 0. The van der Waals surface area contributed by atoms with Gasteiger partial charge in [0, 0.05) is 10.4 Å². The van der Waals surface area contributed by atoms with Gasteiger partial charge in [-0.05, 0) is 0 Å². The van der Waals surface area contributed by atoms with Crippen molar-refractivity contribution in [3.63, 3.8) is 0 Å². The van der Waals surface area contributed by atoms with Gasteiger partial charge in [0.1, 0.15) is 0 Å². The Labute approximate surface area is 80.8 Å². The first-order valence-electron chi connectivity index (χ1n) is 0.667. The zero-order valence-corrected chi connectivity index (χ0v) is 9.53. The maximum atomic E-state index is 8.52. The molecule has 0 rings (SSSR count). The van der Waals surface area contributed by atoms with E-state index >= 15 is 0 Å². The summed E-state index contributed by atoms with van der Waals surface area (Å²) in [4.78, 5) is 0. The van der Waals surface area contributed by atoms with Gasteiger partial charge < -0.3 is 42.0 Å². The molecule has 0 saturated heterocycles. The predicted molar refractivity (Wildman–Crippen MR) is 32.2 cm³/mol. The summed E-state index contributed by atoms with van der Waals surface area (Å²) in [6, 6.07) is 0. The molecule has 0 unspecified atom stereocenters. The van der Waals surface area contributed by atoms with Crippen LogP contribution in [-0.2, 0) is 29.9 Å². The van der Waals surface area contributed by atoms with Gasteiger partial charge >= 0.3 is 19.5 Å². The Hall–Kier alpha value is 0.253. The van der Waals surface area contributed by atoms with Gasteiger partial charge in [0.05, 0.1) is 0 Å². The monoisotopic (exact) mass is 268 g/mol. The van der Waals surface area contributed by atoms with E-state index in [4.69, 9.17) is 17.5 Å². The van der Waals surface area contributed by atoms with Crippen molar-refractivity contribution in [1.82, 2.24) is 0 Å². The number of hydrogen-bond acceptors (Lipinski definition) is 4. The third-order valence-electron chi connectivity index (χ3n) is 0. The van der Waals surface area contributed by atoms with Gasteiger partial charge in [-0.2, -0.15) is 0 Å². The van der Waals surface area contributed by atoms with E-state index in [-0.39, 0.29) is 52.3 Å². The predicted octanol–water partition coefficient (Wildman–Crippen LogP) is -6.29. The van der Waals surface area contributed by atoms with E-state index in [1.165, 1.54) is 0 Å². The Morgan fingerprint density at radius 3 is 0.667 bits per heavy atom. The molecule has 0 saturated carbocycles. The molecule has 12 heteroatoms. The number of hydrogen-bond donors (Lipinski definition) is 0. The van der Waals surface area contributed by atoms with Gasteiger partial charge in [-0.3, -0.25) is 8.42 Å². The summed E-state index contributed by atoms with van der Waals surface area (Å²) in [5.41, 5.74) is 0. The van der Waals surface area contributed by atoms with E-state index in [0.717, 1.165) is 0 Å². The smallest absolute Gasteiger partial charge is 0.759 e. The van der Waals surface area contributed by atoms with Crippen LogP contribution in [0.2, 0.25) is 0 Å². The fourth-order valence-electron chi connectivity index (χ4n) is 0. The van der Waals surface area contributed by atoms with Crippen LogP contribution in [0.4, 0.5) is 0 Å². The Balaban J connectivity index is -0.00000000381. The SMILES string of the molecule is O.O.O.O.O.O.O=S(=O)([O-])[O-].[Zn+2]. The Bertz CT molecular complexity index is 93.0. The van der Waals surface area contributed by atoms with Gasteiger partial charge in [0.15, 0.2) is 0 Å². The molecular weight excluding hydrogens is 257 g/mol. The molecule has 0 aromatic carbocycles. The second kappa shape index (κ2) is 30.3. The molecule has 0 aromatic rings. The fourth-order valence-corrected chi connectivity index (χ4v) is 0. The second-order valence-corrected chi connectivity index (χ2v) is 1.22. The quantitative estimate of drug-likeness (QED) is 0.235. The summed E-state index contributed by atoms with van der Waals surface area (Å²) in [6.07, 6.45) is 0. The zero-order valence-electron chi connectivity index (χ0n) is 5.75. The summed E-state index contributed by atoms with van der Waals surface area (Å²) in [6.45, 7) is 0. The largest absolute Gasteiger partial charge is 2.00 e. The van der Waals surface area contributed by atoms with E-state index in [9.17, 15) is 0 Å². The van der Waals surface area contributed by atoms with E-state index < -0.39 is 10.4 Å². The average Bonchev–Trinajstić information content (AvgIpc) is 0.722. The summed E-state index contributed by atoms with van der Waals surface area (Å²) in [7, 11) is -5.17. The van der Waals surface area contributed by atoms with Crippen molar-refractivity contribution < 1.29 is 69.9 Å². The van der Waals surface area contributed by atoms with Crippen molar-refractivity contribution >= 4 is 10.4 Å². The van der Waals surface area contributed by atoms with Gasteiger partial charge in [-0.1, -0.05) is 0 Å². The first-order chi connectivity index (χ1) is 2.00. The first-order valence-corrected chi connectivity index (χ1v) is 2.00. The van der Waals surface area contributed by atoms with Crippen LogP contribution in [-0.4, -0.2) is 50.4 Å². The van der Waals surface area contributed by atoms with Crippen molar-refractivity contribution in [2.24, 2.45) is 0 Å². The molecule has 0 amide bonds. The molecule has 80 valence electrons. The summed E-state index contributed by atoms with van der Waals surface area (Å²) < 4.78 is 34.1. The molecule has 0 bridgehead atoms. The van der Waals surface area contributed by atoms with Crippen molar-refractivity contribution in [1.29, 1.82) is 0 Å². The fraction of sp³-hybridized carbons (Fsp3) is 0. The van der Waals surface area contributed by atoms with Crippen LogP contribution < -0.4 is 0 Å². The minimum absolute atomic E-state index is 0. The summed E-state index contributed by atoms with van der Waals surface area (Å²) >= 11 is 0. The van der Waals surface area contributed by atoms with E-state index in [1.54, 1.807) is 0 Å². The van der Waals surface area contributed by atoms with Crippen LogP contribution in [0.15, 0.2) is 0 Å². The van der Waals surface area contributed by atoms with Crippen LogP contribution in [0.3, 0.4) is 0 Å². The molecule has 0 spiro atoms. The molecule has 0 fully saturated rings. The van der Waals surface area contributed by atoms with E-state index in [0.29, 0.717) is 0 Å². The molecule has 0 aliphatic heterocycles. The third kappa shape index (κ3) is 13700. The van der Waals surface area contributed by atoms with Crippen LogP contribution in [0.25, 0.3) is 0 Å². The van der Waals surface area contributed by atoms with Crippen LogP contribution in [0, 0.1) is 0 Å². The summed E-state index contributed by atoms with van der Waals surface area (Å²) in [5.74, 6) is 0. The first kappa shape index (κ1) is 85.8. The standard InChI is InChI=1S/H2O4S.6H2O.Zn/c1-5(2,3)4;;;;;;;/h(H2,1,2,3,4);6*1H2;/q;;;;;;;+2/p-2. The maximum Gasteiger partial charge on any atom is 2.00 e. The Morgan fingerprint density at radius 2 is 0.667 bits per heavy atom. The maximum absolute atomic E-state index is 8.52. The van der Waals surface area contributed by atoms with Crippen molar-refractivity contribution in [2.45, 2.75) is 0 Å². The van der Waals surface area contributed by atoms with Crippen molar-refractivity contribution in [2.75, 3.05) is 0 Å². The van der Waals surface area contributed by atoms with Crippen LogP contribution >= 0.6 is 0 Å². The van der Waals surface area contributed by atoms with Gasteiger partial charge in [-0.15, -0.1) is 0 Å². The minimum Gasteiger partial charge on any atom is -0.759 e. The van der Waals surface area contributed by atoms with Gasteiger partial charge in [-0.25, -0.2) is 0 Å². The van der Waals surface area contributed by atoms with Crippen LogP contribution in [0.1, 0.15) is 0 Å². The molecule has 0 aliphatic rings.